The number of aryl methyl sites for hydroxylation is 1. The number of amides is 1. The number of benzene rings is 2. The lowest BCUT2D eigenvalue weighted by atomic mass is 10.1. The molecule has 0 aliphatic carbocycles. The van der Waals surface area contributed by atoms with Crippen molar-refractivity contribution >= 4 is 18.0 Å². The minimum absolute atomic E-state index is 0.220. The number of rotatable bonds is 5. The van der Waals surface area contributed by atoms with E-state index in [1.165, 1.54) is 13.2 Å². The summed E-state index contributed by atoms with van der Waals surface area (Å²) in [5.74, 6) is -1.17. The molecule has 2 N–H and O–H groups in total. The maximum Gasteiger partial charge on any atom is 0.352 e. The van der Waals surface area contributed by atoms with Gasteiger partial charge in [-0.25, -0.2) is 4.79 Å². The predicted molar refractivity (Wildman–Crippen MR) is 87.3 cm³/mol. The first kappa shape index (κ1) is 16.3. The normalized spacial score (nSPS) is 11.0. The summed E-state index contributed by atoms with van der Waals surface area (Å²) in [4.78, 5) is 23.7. The van der Waals surface area contributed by atoms with Crippen molar-refractivity contribution in [1.29, 1.82) is 0 Å². The third-order valence-electron chi connectivity index (χ3n) is 3.31. The van der Waals surface area contributed by atoms with E-state index in [1.54, 1.807) is 49.4 Å². The Morgan fingerprint density at radius 3 is 2.39 bits per heavy atom. The van der Waals surface area contributed by atoms with Gasteiger partial charge in [0.05, 0.1) is 7.11 Å². The molecule has 0 saturated heterocycles. The average Bonchev–Trinajstić information content (AvgIpc) is 2.54. The van der Waals surface area contributed by atoms with Gasteiger partial charge in [-0.1, -0.05) is 36.4 Å². The van der Waals surface area contributed by atoms with Gasteiger partial charge in [-0.2, -0.15) is 0 Å². The summed E-state index contributed by atoms with van der Waals surface area (Å²) in [5, 5.41) is 11.8. The van der Waals surface area contributed by atoms with Crippen LogP contribution in [0.5, 0.6) is 5.75 Å². The molecule has 118 valence electrons. The van der Waals surface area contributed by atoms with Crippen LogP contribution in [0.2, 0.25) is 0 Å². The largest absolute Gasteiger partial charge is 0.496 e. The van der Waals surface area contributed by atoms with Crippen molar-refractivity contribution in [2.45, 2.75) is 6.92 Å². The zero-order valence-corrected chi connectivity index (χ0v) is 12.9. The van der Waals surface area contributed by atoms with Crippen LogP contribution in [0, 0.1) is 6.92 Å². The van der Waals surface area contributed by atoms with Gasteiger partial charge in [-0.3, -0.25) is 4.79 Å². The zero-order chi connectivity index (χ0) is 16.8. The lowest BCUT2D eigenvalue weighted by molar-refractivity contribution is -0.132. The van der Waals surface area contributed by atoms with E-state index in [1.807, 2.05) is 6.07 Å². The summed E-state index contributed by atoms with van der Waals surface area (Å²) in [6, 6.07) is 13.9. The maximum absolute atomic E-state index is 12.3. The second-order valence-corrected chi connectivity index (χ2v) is 4.87. The zero-order valence-electron chi connectivity index (χ0n) is 12.9. The van der Waals surface area contributed by atoms with Crippen molar-refractivity contribution in [3.05, 3.63) is 70.9 Å². The summed E-state index contributed by atoms with van der Waals surface area (Å²) in [7, 11) is 1.50. The summed E-state index contributed by atoms with van der Waals surface area (Å²) >= 11 is 0. The number of hydrogen-bond donors (Lipinski definition) is 2. The van der Waals surface area contributed by atoms with Crippen LogP contribution in [0.4, 0.5) is 0 Å². The molecule has 0 spiro atoms. The van der Waals surface area contributed by atoms with Crippen LogP contribution in [0.25, 0.3) is 6.08 Å². The second kappa shape index (κ2) is 7.26. The number of hydrogen-bond acceptors (Lipinski definition) is 3. The highest BCUT2D eigenvalue weighted by molar-refractivity contribution is 6.03. The average molecular weight is 311 g/mol. The predicted octanol–water partition coefficient (Wildman–Crippen LogP) is 2.86. The fourth-order valence-electron chi connectivity index (χ4n) is 2.11. The van der Waals surface area contributed by atoms with E-state index >= 15 is 0 Å². The summed E-state index contributed by atoms with van der Waals surface area (Å²) in [6.45, 7) is 1.79. The molecule has 0 aromatic heterocycles. The monoisotopic (exact) mass is 311 g/mol. The van der Waals surface area contributed by atoms with Gasteiger partial charge >= 0.3 is 5.97 Å². The maximum atomic E-state index is 12.3. The molecule has 1 amide bonds. The van der Waals surface area contributed by atoms with Gasteiger partial charge in [0.1, 0.15) is 11.4 Å². The standard InChI is InChI=1S/C18H17NO4/c1-12-7-3-5-9-14(12)17(20)19-15(18(21)22)11-13-8-4-6-10-16(13)23-2/h3-11H,1-2H3,(H,19,20)(H,21,22)/b15-11-. The first-order chi connectivity index (χ1) is 11.0. The Hall–Kier alpha value is -3.08. The summed E-state index contributed by atoms with van der Waals surface area (Å²) in [5.41, 5.74) is 1.55. The first-order valence-electron chi connectivity index (χ1n) is 6.98. The van der Waals surface area contributed by atoms with Gasteiger partial charge in [0.15, 0.2) is 0 Å². The molecule has 2 rings (SSSR count). The number of ether oxygens (including phenoxy) is 1. The highest BCUT2D eigenvalue weighted by atomic mass is 16.5. The fourth-order valence-corrected chi connectivity index (χ4v) is 2.11. The molecule has 0 aliphatic rings. The molecule has 0 aliphatic heterocycles. The molecule has 0 radical (unpaired) electrons. The van der Waals surface area contributed by atoms with Crippen LogP contribution in [-0.2, 0) is 4.79 Å². The van der Waals surface area contributed by atoms with Crippen LogP contribution in [-0.4, -0.2) is 24.1 Å². The Kier molecular flexibility index (Phi) is 5.15. The number of carboxylic acid groups (broad SMARTS) is 1. The van der Waals surface area contributed by atoms with Gasteiger partial charge in [0.2, 0.25) is 0 Å². The van der Waals surface area contributed by atoms with Crippen molar-refractivity contribution in [2.24, 2.45) is 0 Å². The van der Waals surface area contributed by atoms with Crippen LogP contribution in [0.1, 0.15) is 21.5 Å². The number of aliphatic carboxylic acids is 1. The lowest BCUT2D eigenvalue weighted by Gasteiger charge is -2.09. The molecule has 2 aromatic rings. The SMILES string of the molecule is COc1ccccc1/C=C(\NC(=O)c1ccccc1C)C(=O)O. The molecule has 0 heterocycles. The highest BCUT2D eigenvalue weighted by Gasteiger charge is 2.15. The van der Waals surface area contributed by atoms with Crippen molar-refractivity contribution in [3.8, 4) is 5.75 Å². The number of carbonyl (C=O) groups excluding carboxylic acids is 1. The van der Waals surface area contributed by atoms with Crippen molar-refractivity contribution < 1.29 is 19.4 Å². The molecule has 23 heavy (non-hydrogen) atoms. The Bertz CT molecular complexity index is 765. The molecule has 5 nitrogen and oxygen atoms in total. The van der Waals surface area contributed by atoms with Gasteiger partial charge < -0.3 is 15.2 Å². The van der Waals surface area contributed by atoms with Crippen LogP contribution < -0.4 is 10.1 Å². The lowest BCUT2D eigenvalue weighted by Crippen LogP contribution is -2.27. The number of methoxy groups -OCH3 is 1. The van der Waals surface area contributed by atoms with E-state index in [4.69, 9.17) is 4.74 Å². The Morgan fingerprint density at radius 1 is 1.09 bits per heavy atom. The van der Waals surface area contributed by atoms with Crippen molar-refractivity contribution in [1.82, 2.24) is 5.32 Å². The summed E-state index contributed by atoms with van der Waals surface area (Å²) in [6.07, 6.45) is 1.37. The molecular weight excluding hydrogens is 294 g/mol. The molecule has 0 fully saturated rings. The van der Waals surface area contributed by atoms with Gasteiger partial charge in [0, 0.05) is 11.1 Å². The van der Waals surface area contributed by atoms with Crippen molar-refractivity contribution in [3.63, 3.8) is 0 Å². The minimum Gasteiger partial charge on any atom is -0.496 e. The van der Waals surface area contributed by atoms with Gasteiger partial charge in [-0.05, 0) is 30.7 Å². The quantitative estimate of drug-likeness (QED) is 0.833. The van der Waals surface area contributed by atoms with E-state index in [0.29, 0.717) is 16.9 Å². The molecule has 5 heteroatoms. The highest BCUT2D eigenvalue weighted by Crippen LogP contribution is 2.20. The van der Waals surface area contributed by atoms with E-state index < -0.39 is 11.9 Å². The Labute approximate surface area is 134 Å². The topological polar surface area (TPSA) is 75.6 Å². The molecule has 0 unspecified atom stereocenters. The Balaban J connectivity index is 2.33. The molecule has 0 atom stereocenters. The smallest absolute Gasteiger partial charge is 0.352 e. The van der Waals surface area contributed by atoms with E-state index in [2.05, 4.69) is 5.32 Å². The van der Waals surface area contributed by atoms with E-state index in [9.17, 15) is 14.7 Å². The van der Waals surface area contributed by atoms with E-state index in [-0.39, 0.29) is 5.70 Å². The first-order valence-corrected chi connectivity index (χ1v) is 6.98. The number of carbonyl (C=O) groups is 2. The number of para-hydroxylation sites is 1. The third kappa shape index (κ3) is 3.97. The van der Waals surface area contributed by atoms with Crippen LogP contribution in [0.3, 0.4) is 0 Å². The third-order valence-corrected chi connectivity index (χ3v) is 3.31. The minimum atomic E-state index is -1.22. The molecular formula is C18H17NO4. The van der Waals surface area contributed by atoms with Crippen molar-refractivity contribution in [2.75, 3.05) is 7.11 Å². The fraction of sp³-hybridized carbons (Fsp3) is 0.111. The molecule has 2 aromatic carbocycles. The Morgan fingerprint density at radius 2 is 1.74 bits per heavy atom. The van der Waals surface area contributed by atoms with E-state index in [0.717, 1.165) is 5.56 Å². The van der Waals surface area contributed by atoms with Gasteiger partial charge in [0.25, 0.3) is 5.91 Å². The summed E-state index contributed by atoms with van der Waals surface area (Å²) < 4.78 is 5.18. The molecule has 0 saturated carbocycles. The van der Waals surface area contributed by atoms with Crippen LogP contribution >= 0.6 is 0 Å². The molecule has 0 bridgehead atoms. The van der Waals surface area contributed by atoms with Crippen LogP contribution in [0.15, 0.2) is 54.2 Å². The number of carboxylic acids is 1. The number of nitrogens with one attached hydrogen (secondary N) is 1. The van der Waals surface area contributed by atoms with Gasteiger partial charge in [-0.15, -0.1) is 0 Å². The second-order valence-electron chi connectivity index (χ2n) is 4.87.